The van der Waals surface area contributed by atoms with Crippen molar-refractivity contribution in [1.82, 2.24) is 0 Å². The lowest BCUT2D eigenvalue weighted by Crippen LogP contribution is -2.42. The van der Waals surface area contributed by atoms with E-state index in [1.54, 1.807) is 0 Å². The third kappa shape index (κ3) is 3.60. The van der Waals surface area contributed by atoms with E-state index in [9.17, 15) is 10.2 Å². The van der Waals surface area contributed by atoms with Crippen LogP contribution in [-0.2, 0) is 0 Å². The van der Waals surface area contributed by atoms with Gasteiger partial charge in [-0.3, -0.25) is 0 Å². The average molecular weight is 333 g/mol. The first-order valence-corrected chi connectivity index (χ1v) is 10.7. The zero-order chi connectivity index (χ0) is 16.6. The predicted molar refractivity (Wildman–Crippen MR) is 97.6 cm³/mol. The second-order valence-electron chi connectivity index (χ2n) is 9.44. The van der Waals surface area contributed by atoms with Crippen LogP contribution in [0.3, 0.4) is 0 Å². The highest BCUT2D eigenvalue weighted by Gasteiger charge is 2.47. The van der Waals surface area contributed by atoms with E-state index in [2.05, 4.69) is 12.2 Å². The average Bonchev–Trinajstić information content (AvgIpc) is 3.46. The Morgan fingerprint density at radius 2 is 0.917 bits per heavy atom. The summed E-state index contributed by atoms with van der Waals surface area (Å²) in [6.45, 7) is 0. The standard InChI is InChI=1S/C22H36O2/c23-21(13-3-1-4-14-21)19(17-7-8-17)11-12-20(18-9-10-18)22(24)15-5-2-6-16-22/h11-12,17-20,23-24H,1-10,13-16H2/b12-11-/t19-,20+. The molecule has 4 aliphatic rings. The van der Waals surface area contributed by atoms with Crippen molar-refractivity contribution in [3.8, 4) is 0 Å². The first-order chi connectivity index (χ1) is 11.6. The van der Waals surface area contributed by atoms with Crippen molar-refractivity contribution in [2.75, 3.05) is 0 Å². The maximum absolute atomic E-state index is 11.3. The molecule has 0 saturated heterocycles. The predicted octanol–water partition coefficient (Wildman–Crippen LogP) is 4.99. The maximum Gasteiger partial charge on any atom is 0.0712 e. The fourth-order valence-electron chi connectivity index (χ4n) is 5.69. The number of hydrogen-bond acceptors (Lipinski definition) is 2. The molecule has 0 spiro atoms. The molecular formula is C22H36O2. The second-order valence-corrected chi connectivity index (χ2v) is 9.44. The van der Waals surface area contributed by atoms with Gasteiger partial charge in [0.05, 0.1) is 11.2 Å². The van der Waals surface area contributed by atoms with Crippen LogP contribution in [0.4, 0.5) is 0 Å². The molecule has 4 saturated carbocycles. The van der Waals surface area contributed by atoms with Crippen LogP contribution in [0.1, 0.15) is 89.9 Å². The molecule has 136 valence electrons. The minimum absolute atomic E-state index is 0.339. The summed E-state index contributed by atoms with van der Waals surface area (Å²) in [6, 6.07) is 0. The first kappa shape index (κ1) is 17.1. The summed E-state index contributed by atoms with van der Waals surface area (Å²) in [7, 11) is 0. The Labute approximate surface area is 147 Å². The smallest absolute Gasteiger partial charge is 0.0712 e. The van der Waals surface area contributed by atoms with Gasteiger partial charge in [-0.1, -0.05) is 50.7 Å². The van der Waals surface area contributed by atoms with E-state index in [-0.39, 0.29) is 0 Å². The Balaban J connectivity index is 1.51. The minimum Gasteiger partial charge on any atom is -0.389 e. The van der Waals surface area contributed by atoms with Crippen LogP contribution >= 0.6 is 0 Å². The summed E-state index contributed by atoms with van der Waals surface area (Å²) in [5.74, 6) is 2.08. The van der Waals surface area contributed by atoms with Crippen molar-refractivity contribution in [3.63, 3.8) is 0 Å². The van der Waals surface area contributed by atoms with Crippen molar-refractivity contribution >= 4 is 0 Å². The van der Waals surface area contributed by atoms with Gasteiger partial charge in [0, 0.05) is 11.8 Å². The SMILES string of the molecule is OC1([C@H](/C=C\[C@@H](C2CC2)C2(O)CCCCC2)C2CC2)CCCCC1. The van der Waals surface area contributed by atoms with E-state index in [0.717, 1.165) is 25.7 Å². The molecular weight excluding hydrogens is 296 g/mol. The fraction of sp³-hybridized carbons (Fsp3) is 0.909. The van der Waals surface area contributed by atoms with Gasteiger partial charge in [-0.05, 0) is 63.2 Å². The summed E-state index contributed by atoms with van der Waals surface area (Å²) in [4.78, 5) is 0. The molecule has 0 bridgehead atoms. The monoisotopic (exact) mass is 332 g/mol. The van der Waals surface area contributed by atoms with Crippen LogP contribution < -0.4 is 0 Å². The van der Waals surface area contributed by atoms with E-state index in [1.165, 1.54) is 64.2 Å². The van der Waals surface area contributed by atoms with Crippen LogP contribution in [-0.4, -0.2) is 21.4 Å². The third-order valence-electron chi connectivity index (χ3n) is 7.47. The van der Waals surface area contributed by atoms with E-state index in [1.807, 2.05) is 0 Å². The van der Waals surface area contributed by atoms with Crippen LogP contribution in [0.15, 0.2) is 12.2 Å². The summed E-state index contributed by atoms with van der Waals surface area (Å²) >= 11 is 0. The third-order valence-corrected chi connectivity index (χ3v) is 7.47. The lowest BCUT2D eigenvalue weighted by molar-refractivity contribution is -0.0462. The quantitative estimate of drug-likeness (QED) is 0.673. The first-order valence-electron chi connectivity index (χ1n) is 10.7. The Hall–Kier alpha value is -0.340. The highest BCUT2D eigenvalue weighted by Crippen LogP contribution is 2.51. The molecule has 2 heteroatoms. The molecule has 0 aliphatic heterocycles. The molecule has 2 N–H and O–H groups in total. The summed E-state index contributed by atoms with van der Waals surface area (Å²) in [5.41, 5.74) is -0.918. The van der Waals surface area contributed by atoms with Gasteiger partial charge in [0.2, 0.25) is 0 Å². The zero-order valence-electron chi connectivity index (χ0n) is 15.3. The van der Waals surface area contributed by atoms with Crippen molar-refractivity contribution in [1.29, 1.82) is 0 Å². The normalized spacial score (nSPS) is 32.6. The highest BCUT2D eigenvalue weighted by molar-refractivity contribution is 5.12. The van der Waals surface area contributed by atoms with Gasteiger partial charge in [0.25, 0.3) is 0 Å². The van der Waals surface area contributed by atoms with E-state index >= 15 is 0 Å². The van der Waals surface area contributed by atoms with Crippen LogP contribution in [0, 0.1) is 23.7 Å². The lowest BCUT2D eigenvalue weighted by Gasteiger charge is -2.40. The van der Waals surface area contributed by atoms with Crippen molar-refractivity contribution in [2.45, 2.75) is 101 Å². The van der Waals surface area contributed by atoms with E-state index < -0.39 is 11.2 Å². The summed E-state index contributed by atoms with van der Waals surface area (Å²) < 4.78 is 0. The molecule has 0 heterocycles. The molecule has 0 aromatic carbocycles. The largest absolute Gasteiger partial charge is 0.389 e. The number of rotatable bonds is 6. The molecule has 4 fully saturated rings. The van der Waals surface area contributed by atoms with Crippen molar-refractivity contribution in [3.05, 3.63) is 12.2 Å². The molecule has 24 heavy (non-hydrogen) atoms. The Kier molecular flexibility index (Phi) is 4.81. The van der Waals surface area contributed by atoms with Gasteiger partial charge in [0.1, 0.15) is 0 Å². The topological polar surface area (TPSA) is 40.5 Å². The molecule has 2 nitrogen and oxygen atoms in total. The van der Waals surface area contributed by atoms with Gasteiger partial charge in [-0.2, -0.15) is 0 Å². The van der Waals surface area contributed by atoms with Gasteiger partial charge >= 0.3 is 0 Å². The number of aliphatic hydroxyl groups is 2. The molecule has 4 aliphatic carbocycles. The Morgan fingerprint density at radius 1 is 0.583 bits per heavy atom. The Bertz CT molecular complexity index is 407. The molecule has 0 radical (unpaired) electrons. The maximum atomic E-state index is 11.3. The highest BCUT2D eigenvalue weighted by atomic mass is 16.3. The van der Waals surface area contributed by atoms with Crippen molar-refractivity contribution < 1.29 is 10.2 Å². The van der Waals surface area contributed by atoms with Gasteiger partial charge < -0.3 is 10.2 Å². The summed E-state index contributed by atoms with van der Waals surface area (Å²) in [5, 5.41) is 22.5. The molecule has 0 unspecified atom stereocenters. The van der Waals surface area contributed by atoms with Crippen molar-refractivity contribution in [2.24, 2.45) is 23.7 Å². The molecule has 0 aromatic rings. The molecule has 0 amide bonds. The number of hydrogen-bond donors (Lipinski definition) is 2. The summed E-state index contributed by atoms with van der Waals surface area (Å²) in [6.07, 6.45) is 21.1. The van der Waals surface area contributed by atoms with Crippen LogP contribution in [0.25, 0.3) is 0 Å². The van der Waals surface area contributed by atoms with Gasteiger partial charge in [-0.25, -0.2) is 0 Å². The lowest BCUT2D eigenvalue weighted by atomic mass is 9.70. The van der Waals surface area contributed by atoms with Gasteiger partial charge in [0.15, 0.2) is 0 Å². The second kappa shape index (κ2) is 6.76. The fourth-order valence-corrected chi connectivity index (χ4v) is 5.69. The van der Waals surface area contributed by atoms with E-state index in [0.29, 0.717) is 23.7 Å². The van der Waals surface area contributed by atoms with Crippen LogP contribution in [0.5, 0.6) is 0 Å². The van der Waals surface area contributed by atoms with E-state index in [4.69, 9.17) is 0 Å². The van der Waals surface area contributed by atoms with Gasteiger partial charge in [-0.15, -0.1) is 0 Å². The molecule has 0 aromatic heterocycles. The molecule has 2 atom stereocenters. The Morgan fingerprint density at radius 3 is 1.21 bits per heavy atom. The molecule has 4 rings (SSSR count). The minimum atomic E-state index is -0.459. The van der Waals surface area contributed by atoms with Crippen LogP contribution in [0.2, 0.25) is 0 Å². The zero-order valence-corrected chi connectivity index (χ0v) is 15.3.